The van der Waals surface area contributed by atoms with Gasteiger partial charge in [-0.05, 0) is 37.5 Å². The highest BCUT2D eigenvalue weighted by Crippen LogP contribution is 2.34. The highest BCUT2D eigenvalue weighted by molar-refractivity contribution is 8.00. The van der Waals surface area contributed by atoms with Crippen molar-refractivity contribution in [2.24, 2.45) is 7.05 Å². The molecular weight excluding hydrogens is 633 g/mol. The standard InChI is InChI=1S/C32H38N12O3S/c1-19-21(17-44-28(19)29(37-25-16-20(47-3)8-10-33-25)39-30(41-44)31-35-11-14-42(31)2)22-9-13-43(40-22)15-12-34-26(45)7-5-4-6-24-27-23(18-48-24)36-32(46)38-27/h8-11,13-14,16-17,23-24,27H,4-7,12,15,18H2,1-3H3,(H,34,45)(H2,36,38,46)(H,33,37,39,41)/t23-,24-,27-/m1/s1. The lowest BCUT2D eigenvalue weighted by Crippen LogP contribution is -2.36. The minimum atomic E-state index is -0.0645. The molecule has 4 N–H and O–H groups in total. The number of carbonyl (C=O) groups is 2. The van der Waals surface area contributed by atoms with Crippen LogP contribution in [0.1, 0.15) is 31.2 Å². The molecule has 2 fully saturated rings. The summed E-state index contributed by atoms with van der Waals surface area (Å²) in [6.45, 7) is 3.04. The maximum absolute atomic E-state index is 12.5. The Hall–Kier alpha value is -5.12. The van der Waals surface area contributed by atoms with E-state index in [4.69, 9.17) is 19.9 Å². The van der Waals surface area contributed by atoms with Crippen LogP contribution in [-0.2, 0) is 18.4 Å². The van der Waals surface area contributed by atoms with Gasteiger partial charge < -0.3 is 30.6 Å². The number of rotatable bonds is 13. The molecule has 250 valence electrons. The van der Waals surface area contributed by atoms with E-state index >= 15 is 0 Å². The summed E-state index contributed by atoms with van der Waals surface area (Å²) in [5.41, 5.74) is 3.42. The molecule has 48 heavy (non-hydrogen) atoms. The molecule has 0 aromatic carbocycles. The number of ether oxygens (including phenoxy) is 1. The summed E-state index contributed by atoms with van der Waals surface area (Å²) in [5, 5.41) is 22.4. The number of fused-ring (bicyclic) bond motifs is 2. The fourth-order valence-corrected chi connectivity index (χ4v) is 7.83. The fraction of sp³-hybridized carbons (Fsp3) is 0.406. The molecular formula is C32H38N12O3S. The lowest BCUT2D eigenvalue weighted by Gasteiger charge is -2.16. The summed E-state index contributed by atoms with van der Waals surface area (Å²) in [4.78, 5) is 37.8. The Balaban J connectivity index is 0.994. The number of anilines is 2. The van der Waals surface area contributed by atoms with Crippen molar-refractivity contribution >= 4 is 40.9 Å². The number of aryl methyl sites for hydroxylation is 2. The second-order valence-corrected chi connectivity index (χ2v) is 13.3. The van der Waals surface area contributed by atoms with Crippen LogP contribution in [0.2, 0.25) is 0 Å². The lowest BCUT2D eigenvalue weighted by atomic mass is 10.0. The van der Waals surface area contributed by atoms with Crippen LogP contribution in [0, 0.1) is 6.92 Å². The third-order valence-corrected chi connectivity index (χ3v) is 10.3. The summed E-state index contributed by atoms with van der Waals surface area (Å²) in [7, 11) is 3.51. The molecule has 15 nitrogen and oxygen atoms in total. The number of hydrogen-bond acceptors (Lipinski definition) is 10. The SMILES string of the molecule is COc1ccnc(Nc2nc(-c3nccn3C)nn3cc(-c4ccn(CCNC(=O)CCCC[C@H]5SC[C@H]6NC(=O)N[C@H]65)n4)c(C)c23)c1. The molecule has 0 spiro atoms. The van der Waals surface area contributed by atoms with Gasteiger partial charge in [-0.15, -0.1) is 5.10 Å². The van der Waals surface area contributed by atoms with Crippen molar-refractivity contribution in [1.29, 1.82) is 0 Å². The Labute approximate surface area is 281 Å². The van der Waals surface area contributed by atoms with E-state index in [1.807, 2.05) is 59.6 Å². The van der Waals surface area contributed by atoms with E-state index in [0.717, 1.165) is 47.4 Å². The number of methoxy groups -OCH3 is 1. The molecule has 16 heteroatoms. The first kappa shape index (κ1) is 31.5. The number of imidazole rings is 1. The number of urea groups is 1. The van der Waals surface area contributed by atoms with Crippen molar-refractivity contribution < 1.29 is 14.3 Å². The van der Waals surface area contributed by atoms with Gasteiger partial charge in [-0.25, -0.2) is 24.3 Å². The van der Waals surface area contributed by atoms with Gasteiger partial charge in [0.25, 0.3) is 0 Å². The van der Waals surface area contributed by atoms with E-state index in [-0.39, 0.29) is 24.0 Å². The van der Waals surface area contributed by atoms with Gasteiger partial charge in [0, 0.05) is 73.6 Å². The second kappa shape index (κ2) is 13.5. The van der Waals surface area contributed by atoms with Gasteiger partial charge >= 0.3 is 6.03 Å². The van der Waals surface area contributed by atoms with Crippen LogP contribution in [0.15, 0.2) is 49.2 Å². The van der Waals surface area contributed by atoms with Gasteiger partial charge in [-0.2, -0.15) is 16.9 Å². The van der Waals surface area contributed by atoms with E-state index in [2.05, 4.69) is 31.2 Å². The fourth-order valence-electron chi connectivity index (χ4n) is 6.28. The first-order valence-corrected chi connectivity index (χ1v) is 17.0. The molecule has 7 heterocycles. The number of carbonyl (C=O) groups excluding carboxylic acids is 2. The van der Waals surface area contributed by atoms with Gasteiger partial charge in [0.15, 0.2) is 11.6 Å². The largest absolute Gasteiger partial charge is 0.497 e. The second-order valence-electron chi connectivity index (χ2n) is 12.0. The number of nitrogens with zero attached hydrogens (tertiary/aromatic N) is 8. The first-order chi connectivity index (χ1) is 23.4. The molecule has 2 saturated heterocycles. The lowest BCUT2D eigenvalue weighted by molar-refractivity contribution is -0.121. The molecule has 5 aromatic heterocycles. The Bertz CT molecular complexity index is 1950. The average molecular weight is 671 g/mol. The number of nitrogens with one attached hydrogen (secondary N) is 4. The van der Waals surface area contributed by atoms with Crippen LogP contribution in [0.25, 0.3) is 28.4 Å². The predicted octanol–water partition coefficient (Wildman–Crippen LogP) is 3.29. The van der Waals surface area contributed by atoms with Gasteiger partial charge in [0.05, 0.1) is 31.4 Å². The molecule has 0 radical (unpaired) electrons. The van der Waals surface area contributed by atoms with E-state index in [1.165, 1.54) is 0 Å². The van der Waals surface area contributed by atoms with Crippen molar-refractivity contribution in [3.8, 4) is 28.7 Å². The van der Waals surface area contributed by atoms with Crippen molar-refractivity contribution in [3.05, 3.63) is 54.7 Å². The molecule has 7 rings (SSSR count). The van der Waals surface area contributed by atoms with Crippen molar-refractivity contribution in [3.63, 3.8) is 0 Å². The van der Waals surface area contributed by atoms with Crippen LogP contribution in [0.3, 0.4) is 0 Å². The maximum atomic E-state index is 12.5. The van der Waals surface area contributed by atoms with Crippen molar-refractivity contribution in [1.82, 2.24) is 54.9 Å². The number of hydrogen-bond donors (Lipinski definition) is 4. The van der Waals surface area contributed by atoms with E-state index < -0.39 is 0 Å². The van der Waals surface area contributed by atoms with E-state index in [0.29, 0.717) is 53.8 Å². The summed E-state index contributed by atoms with van der Waals surface area (Å²) in [6.07, 6.45) is 12.4. The molecule has 0 saturated carbocycles. The summed E-state index contributed by atoms with van der Waals surface area (Å²) in [6, 6.07) is 5.92. The minimum Gasteiger partial charge on any atom is -0.497 e. The molecule has 2 aliphatic rings. The minimum absolute atomic E-state index is 0.0392. The molecule has 0 bridgehead atoms. The number of thioether (sulfide) groups is 1. The normalized spacial score (nSPS) is 18.5. The number of amides is 3. The molecule has 3 atom stereocenters. The Kier molecular flexibility index (Phi) is 8.88. The summed E-state index contributed by atoms with van der Waals surface area (Å²) >= 11 is 1.90. The molecule has 5 aromatic rings. The van der Waals surface area contributed by atoms with Gasteiger partial charge in [0.2, 0.25) is 11.7 Å². The van der Waals surface area contributed by atoms with E-state index in [1.54, 1.807) is 36.2 Å². The van der Waals surface area contributed by atoms with Crippen molar-refractivity contribution in [2.45, 2.75) is 56.5 Å². The zero-order valence-corrected chi connectivity index (χ0v) is 27.8. The Morgan fingerprint density at radius 3 is 2.88 bits per heavy atom. The first-order valence-electron chi connectivity index (χ1n) is 16.0. The maximum Gasteiger partial charge on any atom is 0.315 e. The smallest absolute Gasteiger partial charge is 0.315 e. The zero-order valence-electron chi connectivity index (χ0n) is 27.0. The summed E-state index contributed by atoms with van der Waals surface area (Å²) < 4.78 is 10.9. The summed E-state index contributed by atoms with van der Waals surface area (Å²) in [5.74, 6) is 3.89. The third-order valence-electron chi connectivity index (χ3n) is 8.78. The molecule has 3 amide bonds. The predicted molar refractivity (Wildman–Crippen MR) is 182 cm³/mol. The molecule has 0 unspecified atom stereocenters. The molecule has 0 aliphatic carbocycles. The molecule has 2 aliphatic heterocycles. The van der Waals surface area contributed by atoms with Crippen LogP contribution in [0.4, 0.5) is 16.4 Å². The van der Waals surface area contributed by atoms with Crippen LogP contribution in [-0.4, -0.2) is 87.6 Å². The zero-order chi connectivity index (χ0) is 33.2. The van der Waals surface area contributed by atoms with Crippen molar-refractivity contribution in [2.75, 3.05) is 24.7 Å². The highest BCUT2D eigenvalue weighted by Gasteiger charge is 2.42. The topological polar surface area (TPSA) is 170 Å². The van der Waals surface area contributed by atoms with Crippen LogP contribution in [0.5, 0.6) is 5.75 Å². The highest BCUT2D eigenvalue weighted by atomic mass is 32.2. The number of pyridine rings is 1. The van der Waals surface area contributed by atoms with Crippen LogP contribution >= 0.6 is 11.8 Å². The monoisotopic (exact) mass is 670 g/mol. The van der Waals surface area contributed by atoms with E-state index in [9.17, 15) is 9.59 Å². The number of unbranched alkanes of at least 4 members (excludes halogenated alkanes) is 1. The van der Waals surface area contributed by atoms with Crippen LogP contribution < -0.4 is 26.0 Å². The third kappa shape index (κ3) is 6.52. The Morgan fingerprint density at radius 1 is 1.15 bits per heavy atom. The Morgan fingerprint density at radius 2 is 2.04 bits per heavy atom. The number of aromatic nitrogens is 8. The van der Waals surface area contributed by atoms with Gasteiger partial charge in [-0.3, -0.25) is 9.48 Å². The average Bonchev–Trinajstić information content (AvgIpc) is 3.91. The quantitative estimate of drug-likeness (QED) is 0.108. The van der Waals surface area contributed by atoms with Gasteiger partial charge in [-0.1, -0.05) is 6.42 Å². The van der Waals surface area contributed by atoms with Gasteiger partial charge in [0.1, 0.15) is 17.1 Å².